The maximum absolute atomic E-state index is 2.79. The van der Waals surface area contributed by atoms with Gasteiger partial charge in [0.25, 0.3) is 0 Å². The van der Waals surface area contributed by atoms with Gasteiger partial charge in [-0.05, 0) is 71.0 Å². The predicted molar refractivity (Wildman–Crippen MR) is 78.9 cm³/mol. The minimum absolute atomic E-state index is 0.723. The standard InChI is InChI=1S/C16H32N2/c1-13(2)15-7-10-17(11-8-15)16-6-5-9-18(12-16)14(3)4/h13-16H,5-12H2,1-4H3/t16-/m1/s1. The van der Waals surface area contributed by atoms with Crippen LogP contribution in [0.1, 0.15) is 53.4 Å². The molecule has 2 nitrogen and oxygen atoms in total. The van der Waals surface area contributed by atoms with Crippen molar-refractivity contribution >= 4 is 0 Å². The van der Waals surface area contributed by atoms with Crippen molar-refractivity contribution in [1.29, 1.82) is 0 Å². The van der Waals surface area contributed by atoms with Crippen molar-refractivity contribution in [2.75, 3.05) is 26.2 Å². The Morgan fingerprint density at radius 1 is 0.889 bits per heavy atom. The molecule has 0 aromatic carbocycles. The molecule has 2 heterocycles. The zero-order chi connectivity index (χ0) is 13.1. The van der Waals surface area contributed by atoms with Gasteiger partial charge in [-0.15, -0.1) is 0 Å². The van der Waals surface area contributed by atoms with Crippen molar-refractivity contribution in [1.82, 2.24) is 9.80 Å². The highest BCUT2D eigenvalue weighted by Gasteiger charge is 2.30. The summed E-state index contributed by atoms with van der Waals surface area (Å²) in [5.74, 6) is 1.86. The monoisotopic (exact) mass is 252 g/mol. The van der Waals surface area contributed by atoms with Crippen LogP contribution in [0.3, 0.4) is 0 Å². The molecule has 2 aliphatic rings. The van der Waals surface area contributed by atoms with Crippen LogP contribution < -0.4 is 0 Å². The maximum atomic E-state index is 2.79. The third-order valence-electron chi connectivity index (χ3n) is 5.19. The molecule has 2 aliphatic heterocycles. The van der Waals surface area contributed by atoms with Gasteiger partial charge in [-0.2, -0.15) is 0 Å². The average Bonchev–Trinajstić information content (AvgIpc) is 2.39. The second-order valence-corrected chi connectivity index (χ2v) is 7.00. The zero-order valence-electron chi connectivity index (χ0n) is 12.9. The van der Waals surface area contributed by atoms with Crippen LogP contribution in [0.15, 0.2) is 0 Å². The molecule has 0 radical (unpaired) electrons. The van der Waals surface area contributed by atoms with Gasteiger partial charge in [0, 0.05) is 18.6 Å². The lowest BCUT2D eigenvalue weighted by Crippen LogP contribution is -2.52. The second-order valence-electron chi connectivity index (χ2n) is 7.00. The molecule has 18 heavy (non-hydrogen) atoms. The van der Waals surface area contributed by atoms with Crippen LogP contribution in [0.4, 0.5) is 0 Å². The fourth-order valence-electron chi connectivity index (χ4n) is 3.70. The Balaban J connectivity index is 1.82. The second kappa shape index (κ2) is 6.38. The van der Waals surface area contributed by atoms with Crippen LogP contribution in [-0.4, -0.2) is 48.1 Å². The van der Waals surface area contributed by atoms with Crippen LogP contribution in [0.5, 0.6) is 0 Å². The van der Waals surface area contributed by atoms with Crippen LogP contribution in [0.25, 0.3) is 0 Å². The number of piperidine rings is 2. The number of likely N-dealkylation sites (tertiary alicyclic amines) is 2. The fourth-order valence-corrected chi connectivity index (χ4v) is 3.70. The SMILES string of the molecule is CC(C)C1CCN([C@@H]2CCCN(C(C)C)C2)CC1. The van der Waals surface area contributed by atoms with E-state index < -0.39 is 0 Å². The van der Waals surface area contributed by atoms with Gasteiger partial charge in [-0.3, -0.25) is 9.80 Å². The first kappa shape index (κ1) is 14.3. The quantitative estimate of drug-likeness (QED) is 0.761. The molecule has 2 saturated heterocycles. The Bertz CT molecular complexity index is 241. The molecule has 0 aromatic heterocycles. The van der Waals surface area contributed by atoms with Crippen LogP contribution in [-0.2, 0) is 0 Å². The van der Waals surface area contributed by atoms with E-state index in [1.54, 1.807) is 0 Å². The van der Waals surface area contributed by atoms with Gasteiger partial charge in [0.15, 0.2) is 0 Å². The van der Waals surface area contributed by atoms with E-state index >= 15 is 0 Å². The maximum Gasteiger partial charge on any atom is 0.0223 e. The summed E-state index contributed by atoms with van der Waals surface area (Å²) in [6.45, 7) is 14.8. The van der Waals surface area contributed by atoms with Crippen LogP contribution in [0.2, 0.25) is 0 Å². The summed E-state index contributed by atoms with van der Waals surface area (Å²) in [7, 11) is 0. The molecule has 0 N–H and O–H groups in total. The van der Waals surface area contributed by atoms with Crippen LogP contribution >= 0.6 is 0 Å². The van der Waals surface area contributed by atoms with E-state index in [1.165, 1.54) is 51.9 Å². The van der Waals surface area contributed by atoms with Gasteiger partial charge < -0.3 is 0 Å². The topological polar surface area (TPSA) is 6.48 Å². The zero-order valence-corrected chi connectivity index (χ0v) is 12.9. The normalized spacial score (nSPS) is 29.3. The van der Waals surface area contributed by atoms with Crippen molar-refractivity contribution in [3.05, 3.63) is 0 Å². The minimum atomic E-state index is 0.723. The molecule has 0 aliphatic carbocycles. The molecule has 0 aromatic rings. The predicted octanol–water partition coefficient (Wildman–Crippen LogP) is 3.23. The van der Waals surface area contributed by atoms with E-state index in [2.05, 4.69) is 37.5 Å². The average molecular weight is 252 g/mol. The number of hydrogen-bond donors (Lipinski definition) is 0. The lowest BCUT2D eigenvalue weighted by molar-refractivity contribution is 0.0504. The van der Waals surface area contributed by atoms with Gasteiger partial charge >= 0.3 is 0 Å². The summed E-state index contributed by atoms with van der Waals surface area (Å²) in [5.41, 5.74) is 0. The summed E-state index contributed by atoms with van der Waals surface area (Å²) < 4.78 is 0. The Kier molecular flexibility index (Phi) is 5.08. The van der Waals surface area contributed by atoms with Crippen molar-refractivity contribution in [2.24, 2.45) is 11.8 Å². The van der Waals surface area contributed by atoms with Crippen molar-refractivity contribution < 1.29 is 0 Å². The van der Waals surface area contributed by atoms with Gasteiger partial charge in [-0.25, -0.2) is 0 Å². The molecule has 2 rings (SSSR count). The first-order valence-electron chi connectivity index (χ1n) is 8.06. The molecular weight excluding hydrogens is 220 g/mol. The molecule has 0 saturated carbocycles. The highest BCUT2D eigenvalue weighted by atomic mass is 15.2. The molecular formula is C16H32N2. The van der Waals surface area contributed by atoms with Gasteiger partial charge in [0.05, 0.1) is 0 Å². The summed E-state index contributed by atoms with van der Waals surface area (Å²) in [6.07, 6.45) is 5.67. The van der Waals surface area contributed by atoms with Crippen LogP contribution in [0, 0.1) is 11.8 Å². The third kappa shape index (κ3) is 3.48. The first-order chi connectivity index (χ1) is 8.58. The Hall–Kier alpha value is -0.0800. The molecule has 2 fully saturated rings. The number of rotatable bonds is 3. The first-order valence-corrected chi connectivity index (χ1v) is 8.06. The van der Waals surface area contributed by atoms with Gasteiger partial charge in [0.1, 0.15) is 0 Å². The molecule has 1 atom stereocenters. The number of hydrogen-bond acceptors (Lipinski definition) is 2. The Morgan fingerprint density at radius 2 is 1.56 bits per heavy atom. The molecule has 106 valence electrons. The van der Waals surface area contributed by atoms with E-state index in [0.717, 1.165) is 23.9 Å². The van der Waals surface area contributed by atoms with Crippen molar-refractivity contribution in [2.45, 2.75) is 65.5 Å². The summed E-state index contributed by atoms with van der Waals surface area (Å²) in [4.78, 5) is 5.45. The third-order valence-corrected chi connectivity index (χ3v) is 5.19. The van der Waals surface area contributed by atoms with Crippen molar-refractivity contribution in [3.8, 4) is 0 Å². The molecule has 0 spiro atoms. The smallest absolute Gasteiger partial charge is 0.0223 e. The van der Waals surface area contributed by atoms with Gasteiger partial charge in [-0.1, -0.05) is 13.8 Å². The van der Waals surface area contributed by atoms with E-state index in [1.807, 2.05) is 0 Å². The number of nitrogens with zero attached hydrogens (tertiary/aromatic N) is 2. The summed E-state index contributed by atoms with van der Waals surface area (Å²) in [6, 6.07) is 1.57. The lowest BCUT2D eigenvalue weighted by atomic mass is 9.85. The summed E-state index contributed by atoms with van der Waals surface area (Å²) in [5, 5.41) is 0. The highest BCUT2D eigenvalue weighted by Crippen LogP contribution is 2.27. The summed E-state index contributed by atoms with van der Waals surface area (Å²) >= 11 is 0. The largest absolute Gasteiger partial charge is 0.299 e. The fraction of sp³-hybridized carbons (Fsp3) is 1.00. The highest BCUT2D eigenvalue weighted by molar-refractivity contribution is 4.85. The van der Waals surface area contributed by atoms with Crippen molar-refractivity contribution in [3.63, 3.8) is 0 Å². The van der Waals surface area contributed by atoms with E-state index in [9.17, 15) is 0 Å². The molecule has 0 bridgehead atoms. The lowest BCUT2D eigenvalue weighted by Gasteiger charge is -2.44. The Labute approximate surface area is 114 Å². The molecule has 0 amide bonds. The van der Waals surface area contributed by atoms with E-state index in [4.69, 9.17) is 0 Å². The Morgan fingerprint density at radius 3 is 2.11 bits per heavy atom. The molecule has 2 heteroatoms. The van der Waals surface area contributed by atoms with E-state index in [0.29, 0.717) is 0 Å². The van der Waals surface area contributed by atoms with E-state index in [-0.39, 0.29) is 0 Å². The minimum Gasteiger partial charge on any atom is -0.299 e. The van der Waals surface area contributed by atoms with Gasteiger partial charge in [0.2, 0.25) is 0 Å². The molecule has 0 unspecified atom stereocenters.